The van der Waals surface area contributed by atoms with Gasteiger partial charge in [0.25, 0.3) is 0 Å². The van der Waals surface area contributed by atoms with Crippen LogP contribution in [0.3, 0.4) is 0 Å². The van der Waals surface area contributed by atoms with Crippen molar-refractivity contribution in [3.8, 4) is 0 Å². The molecule has 2 rings (SSSR count). The number of hydrogen-bond donors (Lipinski definition) is 1. The quantitative estimate of drug-likeness (QED) is 0.844. The summed E-state index contributed by atoms with van der Waals surface area (Å²) in [6, 6.07) is 0.636. The Kier molecular flexibility index (Phi) is 5.35. The fourth-order valence-corrected chi connectivity index (χ4v) is 4.78. The van der Waals surface area contributed by atoms with E-state index in [0.29, 0.717) is 25.0 Å². The summed E-state index contributed by atoms with van der Waals surface area (Å²) in [5.41, 5.74) is 0. The van der Waals surface area contributed by atoms with Gasteiger partial charge in [-0.15, -0.1) is 0 Å². The van der Waals surface area contributed by atoms with E-state index in [9.17, 15) is 8.42 Å². The number of nitrogens with one attached hydrogen (secondary N) is 1. The number of rotatable bonds is 4. The van der Waals surface area contributed by atoms with Gasteiger partial charge in [0.2, 0.25) is 10.0 Å². The molecule has 2 atom stereocenters. The minimum absolute atomic E-state index is 0.486. The summed E-state index contributed by atoms with van der Waals surface area (Å²) >= 11 is 2.03. The topological polar surface area (TPSA) is 49.4 Å². The normalized spacial score (nSPS) is 31.4. The number of sulfonamides is 1. The van der Waals surface area contributed by atoms with Crippen molar-refractivity contribution in [3.05, 3.63) is 0 Å². The highest BCUT2D eigenvalue weighted by Crippen LogP contribution is 2.20. The standard InChI is InChI=1S/C12H24N2O2S2/c1-18(15,16)14-6-2-4-11(9-14)8-13-12-5-3-7-17-10-12/h11-13H,2-10H2,1H3. The van der Waals surface area contributed by atoms with Crippen molar-refractivity contribution in [3.63, 3.8) is 0 Å². The first kappa shape index (κ1) is 14.6. The van der Waals surface area contributed by atoms with Gasteiger partial charge < -0.3 is 5.32 Å². The molecule has 0 aliphatic carbocycles. The summed E-state index contributed by atoms with van der Waals surface area (Å²) in [6.45, 7) is 2.37. The van der Waals surface area contributed by atoms with E-state index in [1.165, 1.54) is 30.6 Å². The molecule has 106 valence electrons. The smallest absolute Gasteiger partial charge is 0.211 e. The van der Waals surface area contributed by atoms with Crippen LogP contribution in [0.5, 0.6) is 0 Å². The van der Waals surface area contributed by atoms with Gasteiger partial charge in [0.15, 0.2) is 0 Å². The Morgan fingerprint density at radius 2 is 2.17 bits per heavy atom. The second-order valence-electron chi connectivity index (χ2n) is 5.45. The third kappa shape index (κ3) is 4.40. The summed E-state index contributed by atoms with van der Waals surface area (Å²) in [5, 5.41) is 3.62. The third-order valence-corrected chi connectivity index (χ3v) is 6.29. The summed E-state index contributed by atoms with van der Waals surface area (Å²) in [5.74, 6) is 2.99. The Balaban J connectivity index is 1.75. The first-order chi connectivity index (χ1) is 8.55. The van der Waals surface area contributed by atoms with E-state index >= 15 is 0 Å². The predicted molar refractivity (Wildman–Crippen MR) is 77.5 cm³/mol. The van der Waals surface area contributed by atoms with Crippen LogP contribution >= 0.6 is 11.8 Å². The minimum Gasteiger partial charge on any atom is -0.313 e. The fraction of sp³-hybridized carbons (Fsp3) is 1.00. The van der Waals surface area contributed by atoms with E-state index in [-0.39, 0.29) is 0 Å². The van der Waals surface area contributed by atoms with Crippen molar-refractivity contribution in [2.24, 2.45) is 5.92 Å². The van der Waals surface area contributed by atoms with Crippen molar-refractivity contribution >= 4 is 21.8 Å². The lowest BCUT2D eigenvalue weighted by atomic mass is 9.99. The predicted octanol–water partition coefficient (Wildman–Crippen LogP) is 1.14. The highest BCUT2D eigenvalue weighted by Gasteiger charge is 2.26. The first-order valence-corrected chi connectivity index (χ1v) is 9.82. The minimum atomic E-state index is -3.00. The number of nitrogens with zero attached hydrogens (tertiary/aromatic N) is 1. The molecule has 0 aromatic rings. The number of piperidine rings is 1. The lowest BCUT2D eigenvalue weighted by molar-refractivity contribution is 0.255. The van der Waals surface area contributed by atoms with Crippen molar-refractivity contribution in [2.75, 3.05) is 37.4 Å². The Bertz CT molecular complexity index is 353. The van der Waals surface area contributed by atoms with Crippen LogP contribution in [0.25, 0.3) is 0 Å². The zero-order valence-corrected chi connectivity index (χ0v) is 12.7. The Morgan fingerprint density at radius 1 is 1.33 bits per heavy atom. The molecule has 0 radical (unpaired) electrons. The van der Waals surface area contributed by atoms with Gasteiger partial charge in [-0.3, -0.25) is 0 Å². The van der Waals surface area contributed by atoms with Gasteiger partial charge in [0.05, 0.1) is 6.26 Å². The van der Waals surface area contributed by atoms with E-state index < -0.39 is 10.0 Å². The maximum absolute atomic E-state index is 11.5. The van der Waals surface area contributed by atoms with Gasteiger partial charge in [0.1, 0.15) is 0 Å². The average molecular weight is 292 g/mol. The van der Waals surface area contributed by atoms with Gasteiger partial charge in [0, 0.05) is 24.9 Å². The summed E-state index contributed by atoms with van der Waals surface area (Å²) in [4.78, 5) is 0. The lowest BCUT2D eigenvalue weighted by Gasteiger charge is -2.32. The zero-order chi connectivity index (χ0) is 13.0. The summed E-state index contributed by atoms with van der Waals surface area (Å²) < 4.78 is 24.7. The van der Waals surface area contributed by atoms with Gasteiger partial charge in [-0.2, -0.15) is 11.8 Å². The van der Waals surface area contributed by atoms with Gasteiger partial charge in [-0.1, -0.05) is 0 Å². The Hall–Kier alpha value is 0.220. The molecule has 2 aliphatic heterocycles. The maximum Gasteiger partial charge on any atom is 0.211 e. The molecule has 0 aromatic carbocycles. The Morgan fingerprint density at radius 3 is 2.83 bits per heavy atom. The largest absolute Gasteiger partial charge is 0.313 e. The molecule has 2 unspecified atom stereocenters. The molecule has 4 nitrogen and oxygen atoms in total. The molecule has 0 aromatic heterocycles. The van der Waals surface area contributed by atoms with Crippen LogP contribution in [0, 0.1) is 5.92 Å². The molecule has 0 saturated carbocycles. The van der Waals surface area contributed by atoms with E-state index in [0.717, 1.165) is 19.4 Å². The van der Waals surface area contributed by atoms with Crippen LogP contribution in [0.4, 0.5) is 0 Å². The molecule has 1 N–H and O–H groups in total. The van der Waals surface area contributed by atoms with Crippen molar-refractivity contribution in [1.82, 2.24) is 9.62 Å². The van der Waals surface area contributed by atoms with Crippen LogP contribution < -0.4 is 5.32 Å². The maximum atomic E-state index is 11.5. The molecule has 6 heteroatoms. The molecule has 0 amide bonds. The first-order valence-electron chi connectivity index (χ1n) is 6.82. The van der Waals surface area contributed by atoms with E-state index in [1.807, 2.05) is 11.8 Å². The fourth-order valence-electron chi connectivity index (χ4n) is 2.73. The van der Waals surface area contributed by atoms with Crippen molar-refractivity contribution in [1.29, 1.82) is 0 Å². The molecule has 2 aliphatic rings. The molecular weight excluding hydrogens is 268 g/mol. The van der Waals surface area contributed by atoms with Gasteiger partial charge in [-0.05, 0) is 43.9 Å². The van der Waals surface area contributed by atoms with Crippen molar-refractivity contribution < 1.29 is 8.42 Å². The van der Waals surface area contributed by atoms with Crippen LogP contribution in [0.15, 0.2) is 0 Å². The molecule has 18 heavy (non-hydrogen) atoms. The molecule has 2 saturated heterocycles. The summed E-state index contributed by atoms with van der Waals surface area (Å²) in [6.07, 6.45) is 6.05. The third-order valence-electron chi connectivity index (χ3n) is 3.81. The van der Waals surface area contributed by atoms with Crippen LogP contribution in [0.1, 0.15) is 25.7 Å². The van der Waals surface area contributed by atoms with Gasteiger partial charge >= 0.3 is 0 Å². The molecule has 2 fully saturated rings. The Labute approximate surface area is 115 Å². The molecule has 0 spiro atoms. The second-order valence-corrected chi connectivity index (χ2v) is 8.58. The van der Waals surface area contributed by atoms with E-state index in [1.54, 1.807) is 4.31 Å². The highest BCUT2D eigenvalue weighted by atomic mass is 32.2. The zero-order valence-electron chi connectivity index (χ0n) is 11.1. The molecule has 0 bridgehead atoms. The monoisotopic (exact) mass is 292 g/mol. The number of thioether (sulfide) groups is 1. The van der Waals surface area contributed by atoms with Crippen LogP contribution in [-0.2, 0) is 10.0 Å². The van der Waals surface area contributed by atoms with Crippen LogP contribution in [-0.4, -0.2) is 56.2 Å². The highest BCUT2D eigenvalue weighted by molar-refractivity contribution is 7.99. The SMILES string of the molecule is CS(=O)(=O)N1CCCC(CNC2CCCSC2)C1. The second kappa shape index (κ2) is 6.59. The average Bonchev–Trinajstić information content (AvgIpc) is 2.37. The summed E-state index contributed by atoms with van der Waals surface area (Å²) in [7, 11) is -3.00. The van der Waals surface area contributed by atoms with E-state index in [4.69, 9.17) is 0 Å². The van der Waals surface area contributed by atoms with Gasteiger partial charge in [-0.25, -0.2) is 12.7 Å². The number of hydrogen-bond acceptors (Lipinski definition) is 4. The van der Waals surface area contributed by atoms with E-state index in [2.05, 4.69) is 5.32 Å². The molecule has 2 heterocycles. The lowest BCUT2D eigenvalue weighted by Crippen LogP contribution is -2.44. The molecular formula is C12H24N2O2S2. The van der Waals surface area contributed by atoms with Crippen molar-refractivity contribution in [2.45, 2.75) is 31.7 Å². The van der Waals surface area contributed by atoms with Crippen LogP contribution in [0.2, 0.25) is 0 Å².